The third-order valence-electron chi connectivity index (χ3n) is 4.65. The maximum Gasteiger partial charge on any atom is 0.310 e. The van der Waals surface area contributed by atoms with Gasteiger partial charge in [0.1, 0.15) is 23.7 Å². The molecule has 1 aromatic heterocycles. The predicted molar refractivity (Wildman–Crippen MR) is 109 cm³/mol. The number of carbonyl (C=O) groups excluding carboxylic acids is 1. The van der Waals surface area contributed by atoms with Crippen LogP contribution in [0.5, 0.6) is 5.75 Å². The molecule has 0 spiro atoms. The molecule has 0 fully saturated rings. The van der Waals surface area contributed by atoms with E-state index in [-0.39, 0.29) is 12.2 Å². The van der Waals surface area contributed by atoms with E-state index in [1.165, 1.54) is 24.3 Å². The van der Waals surface area contributed by atoms with Crippen LogP contribution < -0.4 is 15.4 Å². The molecule has 2 N–H and O–H groups in total. The van der Waals surface area contributed by atoms with Crippen LogP contribution in [-0.2, 0) is 11.2 Å². The van der Waals surface area contributed by atoms with E-state index in [1.807, 2.05) is 30.3 Å². The number of amides is 1. The first-order valence-corrected chi connectivity index (χ1v) is 9.17. The van der Waals surface area contributed by atoms with Gasteiger partial charge in [-0.3, -0.25) is 4.79 Å². The molecule has 2 atom stereocenters. The quantitative estimate of drug-likeness (QED) is 0.578. The molecule has 1 unspecified atom stereocenters. The van der Waals surface area contributed by atoms with Gasteiger partial charge in [0.2, 0.25) is 5.91 Å². The highest BCUT2D eigenvalue weighted by Crippen LogP contribution is 2.34. The molecule has 8 heteroatoms. The van der Waals surface area contributed by atoms with Crippen molar-refractivity contribution in [3.8, 4) is 11.8 Å². The van der Waals surface area contributed by atoms with Crippen LogP contribution in [0.15, 0.2) is 66.9 Å². The number of anilines is 1. The molecular weight excluding hydrogens is 385 g/mol. The van der Waals surface area contributed by atoms with E-state index in [4.69, 9.17) is 10.5 Å². The van der Waals surface area contributed by atoms with Crippen molar-refractivity contribution in [2.45, 2.75) is 18.5 Å². The Kier molecular flexibility index (Phi) is 6.55. The molecular formula is C22H20FN5O2. The van der Waals surface area contributed by atoms with Crippen molar-refractivity contribution in [2.24, 2.45) is 5.73 Å². The van der Waals surface area contributed by atoms with Gasteiger partial charge in [-0.1, -0.05) is 48.5 Å². The first-order valence-electron chi connectivity index (χ1n) is 9.17. The number of hydrogen-bond acceptors (Lipinski definition) is 6. The van der Waals surface area contributed by atoms with Gasteiger partial charge < -0.3 is 15.4 Å². The second-order valence-electron chi connectivity index (χ2n) is 6.47. The van der Waals surface area contributed by atoms with Gasteiger partial charge in [-0.2, -0.15) is 14.6 Å². The predicted octanol–water partition coefficient (Wildman–Crippen LogP) is 2.79. The lowest BCUT2D eigenvalue weighted by Crippen LogP contribution is -2.48. The largest absolute Gasteiger partial charge is 0.496 e. The maximum absolute atomic E-state index is 13.9. The zero-order valence-electron chi connectivity index (χ0n) is 16.3. The molecule has 0 saturated carbocycles. The normalized spacial score (nSPS) is 12.4. The molecule has 0 radical (unpaired) electrons. The summed E-state index contributed by atoms with van der Waals surface area (Å²) in [6.07, 6.45) is 0.453. The van der Waals surface area contributed by atoms with Crippen molar-refractivity contribution in [2.75, 3.05) is 12.0 Å². The average Bonchev–Trinajstić information content (AvgIpc) is 2.76. The molecule has 3 aromatic rings. The van der Waals surface area contributed by atoms with Crippen LogP contribution in [0.1, 0.15) is 17.2 Å². The molecule has 2 aromatic carbocycles. The number of nitrogens with zero attached hydrogens (tertiary/aromatic N) is 4. The van der Waals surface area contributed by atoms with E-state index in [2.05, 4.69) is 16.0 Å². The Labute approximate surface area is 173 Å². The fourth-order valence-corrected chi connectivity index (χ4v) is 3.29. The number of primary amides is 1. The number of benzene rings is 2. The molecule has 0 saturated heterocycles. The van der Waals surface area contributed by atoms with Crippen molar-refractivity contribution < 1.29 is 13.9 Å². The fourth-order valence-electron chi connectivity index (χ4n) is 3.29. The highest BCUT2D eigenvalue weighted by molar-refractivity contribution is 5.84. The summed E-state index contributed by atoms with van der Waals surface area (Å²) in [5, 5.41) is 10.1. The number of rotatable bonds is 8. The lowest BCUT2D eigenvalue weighted by atomic mass is 9.98. The summed E-state index contributed by atoms with van der Waals surface area (Å²) in [4.78, 5) is 21.2. The number of halogens is 1. The number of hydrogen-bond donors (Lipinski definition) is 1. The van der Waals surface area contributed by atoms with Crippen molar-refractivity contribution >= 4 is 11.7 Å². The van der Waals surface area contributed by atoms with Gasteiger partial charge in [0.15, 0.2) is 0 Å². The Balaban J connectivity index is 2.16. The van der Waals surface area contributed by atoms with E-state index in [0.29, 0.717) is 11.3 Å². The molecule has 1 heterocycles. The van der Waals surface area contributed by atoms with E-state index >= 15 is 0 Å². The van der Waals surface area contributed by atoms with E-state index in [9.17, 15) is 14.4 Å². The zero-order valence-corrected chi connectivity index (χ0v) is 16.3. The highest BCUT2D eigenvalue weighted by Gasteiger charge is 2.34. The molecule has 7 nitrogen and oxygen atoms in total. The summed E-state index contributed by atoms with van der Waals surface area (Å²) < 4.78 is 19.3. The van der Waals surface area contributed by atoms with Crippen molar-refractivity contribution in [3.05, 3.63) is 84.1 Å². The smallest absolute Gasteiger partial charge is 0.310 e. The van der Waals surface area contributed by atoms with Gasteiger partial charge in [-0.15, -0.1) is 0 Å². The SMILES string of the molecule is COc1ccccc1C(C#N)N(c1ccnc(F)n1)[C@@H](Cc1ccccc1)C(N)=O. The van der Waals surface area contributed by atoms with Gasteiger partial charge in [-0.25, -0.2) is 4.98 Å². The van der Waals surface area contributed by atoms with Gasteiger partial charge >= 0.3 is 6.08 Å². The highest BCUT2D eigenvalue weighted by atomic mass is 19.1. The monoisotopic (exact) mass is 405 g/mol. The van der Waals surface area contributed by atoms with E-state index < -0.39 is 24.1 Å². The Bertz CT molecular complexity index is 1050. The number of nitriles is 1. The number of nitrogens with two attached hydrogens (primary N) is 1. The summed E-state index contributed by atoms with van der Waals surface area (Å²) in [6.45, 7) is 0. The molecule has 3 rings (SSSR count). The molecule has 0 aliphatic carbocycles. The zero-order chi connectivity index (χ0) is 21.5. The molecule has 152 valence electrons. The van der Waals surface area contributed by atoms with Crippen LogP contribution in [0, 0.1) is 17.4 Å². The van der Waals surface area contributed by atoms with Crippen LogP contribution in [-0.4, -0.2) is 29.0 Å². The average molecular weight is 405 g/mol. The second kappa shape index (κ2) is 9.47. The fraction of sp³-hybridized carbons (Fsp3) is 0.182. The minimum atomic E-state index is -1.02. The van der Waals surface area contributed by atoms with Crippen LogP contribution in [0.2, 0.25) is 0 Å². The summed E-state index contributed by atoms with van der Waals surface area (Å²) in [5.74, 6) is -0.154. The minimum Gasteiger partial charge on any atom is -0.496 e. The van der Waals surface area contributed by atoms with Gasteiger partial charge in [0.25, 0.3) is 0 Å². The Morgan fingerprint density at radius 1 is 1.20 bits per heavy atom. The van der Waals surface area contributed by atoms with Crippen LogP contribution in [0.25, 0.3) is 0 Å². The number of ether oxygens (including phenoxy) is 1. The number of aromatic nitrogens is 2. The van der Waals surface area contributed by atoms with Gasteiger partial charge in [-0.05, 0) is 17.7 Å². The molecule has 0 bridgehead atoms. The number of carbonyl (C=O) groups is 1. The van der Waals surface area contributed by atoms with Crippen LogP contribution >= 0.6 is 0 Å². The third-order valence-corrected chi connectivity index (χ3v) is 4.65. The van der Waals surface area contributed by atoms with Crippen molar-refractivity contribution in [1.29, 1.82) is 5.26 Å². The Morgan fingerprint density at radius 2 is 1.90 bits per heavy atom. The standard InChI is InChI=1S/C22H20FN5O2/c1-30-19-10-6-5-9-16(19)18(14-24)28(20-11-12-26-22(23)27-20)17(21(25)29)13-15-7-3-2-4-8-15/h2-12,17-18H,13H2,1H3,(H2,25,29)/t17-,18?/m0/s1. The summed E-state index contributed by atoms with van der Waals surface area (Å²) in [6, 6.07) is 17.8. The van der Waals surface area contributed by atoms with Crippen LogP contribution in [0.4, 0.5) is 10.2 Å². The first kappa shape index (κ1) is 20.7. The van der Waals surface area contributed by atoms with Gasteiger partial charge in [0.05, 0.1) is 13.2 Å². The third kappa shape index (κ3) is 4.52. The lowest BCUT2D eigenvalue weighted by Gasteiger charge is -2.35. The Hall–Kier alpha value is -3.99. The van der Waals surface area contributed by atoms with E-state index in [0.717, 1.165) is 5.56 Å². The van der Waals surface area contributed by atoms with E-state index in [1.54, 1.807) is 24.3 Å². The lowest BCUT2D eigenvalue weighted by molar-refractivity contribution is -0.119. The number of methoxy groups -OCH3 is 1. The first-order chi connectivity index (χ1) is 14.5. The summed E-state index contributed by atoms with van der Waals surface area (Å²) in [5.41, 5.74) is 7.08. The maximum atomic E-state index is 13.9. The second-order valence-corrected chi connectivity index (χ2v) is 6.47. The Morgan fingerprint density at radius 3 is 2.53 bits per heavy atom. The molecule has 1 amide bonds. The van der Waals surface area contributed by atoms with Crippen LogP contribution in [0.3, 0.4) is 0 Å². The van der Waals surface area contributed by atoms with Gasteiger partial charge in [0, 0.05) is 18.2 Å². The molecule has 0 aliphatic rings. The number of para-hydroxylation sites is 1. The minimum absolute atomic E-state index is 0.0692. The van der Waals surface area contributed by atoms with Crippen molar-refractivity contribution in [1.82, 2.24) is 9.97 Å². The van der Waals surface area contributed by atoms with Crippen molar-refractivity contribution in [3.63, 3.8) is 0 Å². The molecule has 0 aliphatic heterocycles. The molecule has 30 heavy (non-hydrogen) atoms. The summed E-state index contributed by atoms with van der Waals surface area (Å²) >= 11 is 0. The topological polar surface area (TPSA) is 105 Å². The summed E-state index contributed by atoms with van der Waals surface area (Å²) in [7, 11) is 1.48.